The van der Waals surface area contributed by atoms with E-state index in [1.807, 2.05) is 13.0 Å². The highest BCUT2D eigenvalue weighted by atomic mass is 16.5. The first-order valence-electron chi connectivity index (χ1n) is 15.2. The lowest BCUT2D eigenvalue weighted by molar-refractivity contribution is -0.162. The lowest BCUT2D eigenvalue weighted by atomic mass is 9.65. The fourth-order valence-electron chi connectivity index (χ4n) is 4.55. The van der Waals surface area contributed by atoms with Crippen molar-refractivity contribution in [3.8, 4) is 0 Å². The maximum atomic E-state index is 13.1. The Morgan fingerprint density at radius 3 is 3.03 bits per heavy atom. The number of allylic oxidation sites excluding steroid dienone is 3. The van der Waals surface area contributed by atoms with E-state index in [-0.39, 0.29) is 31.1 Å². The van der Waals surface area contributed by atoms with E-state index in [1.165, 1.54) is 0 Å². The Hall–Kier alpha value is -1.62. The molecule has 1 fully saturated rings. The van der Waals surface area contributed by atoms with Crippen LogP contribution in [0.2, 0.25) is 0 Å². The Bertz CT molecular complexity index is 1000. The number of hydrogen-bond acceptors (Lipinski definition) is 5. The number of esters is 2. The molecule has 0 spiro atoms. The van der Waals surface area contributed by atoms with Gasteiger partial charge in [0.25, 0.3) is 0 Å². The minimum absolute atomic E-state index is 0.0612. The van der Waals surface area contributed by atoms with Crippen LogP contribution in [-0.2, 0) is 19.1 Å². The normalized spacial score (nSPS) is 46.1. The Balaban J connectivity index is 1.87. The number of rotatable bonds is 6. The minimum Gasteiger partial charge on any atom is -0.462 e. The van der Waals surface area contributed by atoms with Crippen LogP contribution in [0.4, 0.5) is 0 Å². The first kappa shape index (κ1) is 12.3. The molecule has 0 amide bonds. The van der Waals surface area contributed by atoms with Crippen molar-refractivity contribution in [3.05, 3.63) is 23.8 Å². The number of carbonyl (C=O) groups excluding carboxylic acids is 2. The van der Waals surface area contributed by atoms with Gasteiger partial charge in [-0.05, 0) is 49.0 Å². The van der Waals surface area contributed by atoms with Crippen molar-refractivity contribution < 1.29 is 37.9 Å². The van der Waals surface area contributed by atoms with E-state index in [0.717, 1.165) is 6.92 Å². The molecule has 1 heterocycles. The minimum atomic E-state index is -3.08. The molecule has 3 rings (SSSR count). The van der Waals surface area contributed by atoms with Crippen molar-refractivity contribution in [1.82, 2.24) is 0 Å². The van der Waals surface area contributed by atoms with Gasteiger partial charge in [0, 0.05) is 26.0 Å². The fraction of sp³-hybridized carbons (Fsp3) is 0.750. The molecule has 0 aromatic heterocycles. The smallest absolute Gasteiger partial charge is 0.308 e. The monoisotopic (exact) mass is 414 g/mol. The van der Waals surface area contributed by atoms with E-state index in [0.29, 0.717) is 12.0 Å². The highest BCUT2D eigenvalue weighted by Crippen LogP contribution is 2.45. The molecule has 2 aliphatic carbocycles. The average Bonchev–Trinajstić information content (AvgIpc) is 2.80. The summed E-state index contributed by atoms with van der Waals surface area (Å²) in [5.74, 6) is -5.55. The van der Waals surface area contributed by atoms with Gasteiger partial charge in [-0.3, -0.25) is 9.59 Å². The number of carbonyl (C=O) groups is 2. The molecule has 162 valence electrons. The number of cyclic esters (lactones) is 1. The maximum Gasteiger partial charge on any atom is 0.308 e. The summed E-state index contributed by atoms with van der Waals surface area (Å²) in [5.41, 5.74) is 0.645. The third kappa shape index (κ3) is 5.30. The van der Waals surface area contributed by atoms with Crippen LogP contribution in [0.1, 0.15) is 79.7 Å². The summed E-state index contributed by atoms with van der Waals surface area (Å²) in [5, 5.41) is 10.1. The molecule has 1 N–H and O–H groups in total. The summed E-state index contributed by atoms with van der Waals surface area (Å²) >= 11 is 0. The first-order chi connectivity index (χ1) is 17.7. The zero-order valence-electron chi connectivity index (χ0n) is 26.8. The lowest BCUT2D eigenvalue weighted by Gasteiger charge is -2.43. The second-order valence-electron chi connectivity index (χ2n) is 8.26. The number of hydrogen-bond donors (Lipinski definition) is 1. The second kappa shape index (κ2) is 9.46. The zero-order chi connectivity index (χ0) is 29.7. The number of aliphatic hydroxyl groups is 1. The molecule has 0 saturated carbocycles. The third-order valence-corrected chi connectivity index (χ3v) is 6.10. The molecular formula is C24H36O5. The van der Waals surface area contributed by atoms with Gasteiger partial charge in [-0.1, -0.05) is 45.8 Å². The van der Waals surface area contributed by atoms with Crippen molar-refractivity contribution in [3.63, 3.8) is 0 Å². The van der Waals surface area contributed by atoms with E-state index in [9.17, 15) is 14.7 Å². The number of ether oxygens (including phenoxy) is 2. The standard InChI is InChI=1S/C24H36O5/c1-5-15(3)24(27)29-21-11-14(2)10-17-7-6-16(4)20(23(17)21)9-8-19-12-18(25)13-22(26)28-19/h6-7,10,14-16,18-21,23,25H,5,8-9,11-13H2,1-4H3/t14-,15-,16-,18+,19?,20-,21-,23-/m0/s1/i1D3,2D3,5D2,13D2. The van der Waals surface area contributed by atoms with Crippen molar-refractivity contribution in [2.45, 2.75) is 84.3 Å². The van der Waals surface area contributed by atoms with Crippen LogP contribution in [0.15, 0.2) is 23.8 Å². The molecule has 0 bridgehead atoms. The molecule has 5 nitrogen and oxygen atoms in total. The summed E-state index contributed by atoms with van der Waals surface area (Å²) in [6, 6.07) is 0. The summed E-state index contributed by atoms with van der Waals surface area (Å²) in [4.78, 5) is 25.1. The maximum absolute atomic E-state index is 13.1. The second-order valence-corrected chi connectivity index (χ2v) is 8.26. The summed E-state index contributed by atoms with van der Waals surface area (Å²) in [7, 11) is 0. The molecule has 1 saturated heterocycles. The van der Waals surface area contributed by atoms with Gasteiger partial charge in [-0.2, -0.15) is 0 Å². The van der Waals surface area contributed by atoms with Crippen LogP contribution in [0.3, 0.4) is 0 Å². The van der Waals surface area contributed by atoms with Crippen LogP contribution in [0.25, 0.3) is 0 Å². The number of aliphatic hydroxyl groups excluding tert-OH is 1. The average molecular weight is 415 g/mol. The lowest BCUT2D eigenvalue weighted by Crippen LogP contribution is -2.42. The predicted molar refractivity (Wildman–Crippen MR) is 111 cm³/mol. The van der Waals surface area contributed by atoms with E-state index >= 15 is 0 Å². The van der Waals surface area contributed by atoms with Crippen molar-refractivity contribution in [2.75, 3.05) is 0 Å². The van der Waals surface area contributed by atoms with Gasteiger partial charge in [0.05, 0.1) is 18.4 Å². The first-order valence-corrected chi connectivity index (χ1v) is 10.2. The van der Waals surface area contributed by atoms with Gasteiger partial charge in [0.1, 0.15) is 12.2 Å². The Labute approximate surface area is 188 Å². The van der Waals surface area contributed by atoms with E-state index in [4.69, 9.17) is 23.2 Å². The van der Waals surface area contributed by atoms with E-state index in [1.54, 1.807) is 12.2 Å². The van der Waals surface area contributed by atoms with Gasteiger partial charge >= 0.3 is 11.9 Å². The van der Waals surface area contributed by atoms with Crippen LogP contribution >= 0.6 is 0 Å². The Morgan fingerprint density at radius 2 is 2.31 bits per heavy atom. The zero-order valence-corrected chi connectivity index (χ0v) is 16.8. The summed E-state index contributed by atoms with van der Waals surface area (Å²) in [6.07, 6.45) is -2.67. The van der Waals surface area contributed by atoms with Gasteiger partial charge in [-0.25, -0.2) is 0 Å². The van der Waals surface area contributed by atoms with Crippen LogP contribution in [-0.4, -0.2) is 35.4 Å². The predicted octanol–water partition coefficient (Wildman–Crippen LogP) is 4.20. The van der Waals surface area contributed by atoms with Gasteiger partial charge in [0.15, 0.2) is 0 Å². The van der Waals surface area contributed by atoms with Crippen LogP contribution in [0, 0.1) is 29.6 Å². The van der Waals surface area contributed by atoms with Crippen LogP contribution in [0.5, 0.6) is 0 Å². The highest BCUT2D eigenvalue weighted by molar-refractivity contribution is 5.72. The van der Waals surface area contributed by atoms with Crippen LogP contribution < -0.4 is 0 Å². The van der Waals surface area contributed by atoms with E-state index < -0.39 is 74.5 Å². The molecular weight excluding hydrogens is 368 g/mol. The Morgan fingerprint density at radius 1 is 1.48 bits per heavy atom. The summed E-state index contributed by atoms with van der Waals surface area (Å²) in [6.45, 7) is -2.40. The molecule has 1 aliphatic heterocycles. The third-order valence-electron chi connectivity index (χ3n) is 6.10. The molecule has 1 unspecified atom stereocenters. The highest BCUT2D eigenvalue weighted by Gasteiger charge is 2.42. The van der Waals surface area contributed by atoms with Gasteiger partial charge in [0.2, 0.25) is 0 Å². The topological polar surface area (TPSA) is 72.8 Å². The molecule has 0 aromatic carbocycles. The summed E-state index contributed by atoms with van der Waals surface area (Å²) < 4.78 is 88.5. The largest absolute Gasteiger partial charge is 0.462 e. The van der Waals surface area contributed by atoms with Crippen molar-refractivity contribution >= 4 is 11.9 Å². The SMILES string of the molecule is [2H]C([2H])([2H])[C@H]1C=C2C=C[C@H](C)[C@H](CCC3C[C@@H](O)C([2H])([2H])C(=O)O3)[C@H]2[C@@H](OC(=O)[C@@H](C)C([2H])([2H])C([2H])([2H])[2H])C1. The number of fused-ring (bicyclic) bond motifs is 1. The van der Waals surface area contributed by atoms with Gasteiger partial charge in [-0.15, -0.1) is 0 Å². The molecule has 0 aromatic rings. The van der Waals surface area contributed by atoms with Gasteiger partial charge < -0.3 is 14.6 Å². The quantitative estimate of drug-likeness (QED) is 0.660. The molecule has 0 radical (unpaired) electrons. The Kier molecular flexibility index (Phi) is 4.01. The molecule has 3 aliphatic rings. The molecule has 29 heavy (non-hydrogen) atoms. The van der Waals surface area contributed by atoms with Crippen molar-refractivity contribution in [1.29, 1.82) is 0 Å². The van der Waals surface area contributed by atoms with E-state index in [2.05, 4.69) is 0 Å². The molecule has 8 atom stereocenters. The fourth-order valence-corrected chi connectivity index (χ4v) is 4.55. The van der Waals surface area contributed by atoms with Crippen molar-refractivity contribution in [2.24, 2.45) is 29.6 Å². The molecule has 5 heteroatoms.